The van der Waals surface area contributed by atoms with Gasteiger partial charge in [0.05, 0.1) is 11.1 Å². The lowest BCUT2D eigenvalue weighted by Gasteiger charge is -2.13. The zero-order valence-electron chi connectivity index (χ0n) is 9.98. The Morgan fingerprint density at radius 2 is 2.28 bits per heavy atom. The molecule has 3 nitrogen and oxygen atoms in total. The van der Waals surface area contributed by atoms with E-state index in [0.29, 0.717) is 0 Å². The normalized spacial score (nSPS) is 16.6. The van der Waals surface area contributed by atoms with Gasteiger partial charge in [-0.15, -0.1) is 11.3 Å². The molecule has 0 unspecified atom stereocenters. The molecule has 0 fully saturated rings. The number of nitrogens with zero attached hydrogens (tertiary/aromatic N) is 2. The van der Waals surface area contributed by atoms with Gasteiger partial charge in [0.2, 0.25) is 0 Å². The van der Waals surface area contributed by atoms with E-state index in [1.54, 1.807) is 11.3 Å². The Kier molecular flexibility index (Phi) is 3.01. The van der Waals surface area contributed by atoms with E-state index in [9.17, 15) is 0 Å². The lowest BCUT2D eigenvalue weighted by molar-refractivity contribution is 0.321. The Balaban J connectivity index is 2.35. The average Bonchev–Trinajstić information content (AvgIpc) is 2.56. The lowest BCUT2D eigenvalue weighted by atomic mass is 10.0. The minimum Gasteiger partial charge on any atom is -0.411 e. The summed E-state index contributed by atoms with van der Waals surface area (Å²) in [5, 5.41) is 14.0. The monoisotopic (exact) mass is 280 g/mol. The summed E-state index contributed by atoms with van der Waals surface area (Å²) in [6.07, 6.45) is 2.49. The molecule has 0 radical (unpaired) electrons. The van der Waals surface area contributed by atoms with Gasteiger partial charge in [0.15, 0.2) is 0 Å². The molecule has 94 valence electrons. The second-order valence-corrected chi connectivity index (χ2v) is 6.07. The number of likely N-dealkylation sites (N-methyl/N-ethyl adjacent to an activating group) is 1. The fraction of sp³-hybridized carbons (Fsp3) is 0.308. The molecule has 0 atom stereocenters. The molecule has 1 aliphatic heterocycles. The Morgan fingerprint density at radius 3 is 3.06 bits per heavy atom. The molecule has 5 heteroatoms. The second-order valence-electron chi connectivity index (χ2n) is 4.58. The van der Waals surface area contributed by atoms with Crippen molar-refractivity contribution >= 4 is 39.2 Å². The zero-order valence-corrected chi connectivity index (χ0v) is 11.6. The lowest BCUT2D eigenvalue weighted by Crippen LogP contribution is -2.18. The first-order chi connectivity index (χ1) is 8.70. The van der Waals surface area contributed by atoms with Crippen molar-refractivity contribution in [3.05, 3.63) is 33.2 Å². The molecule has 0 spiro atoms. The molecule has 18 heavy (non-hydrogen) atoms. The number of oxime groups is 1. The van der Waals surface area contributed by atoms with Crippen molar-refractivity contribution in [2.45, 2.75) is 13.0 Å². The van der Waals surface area contributed by atoms with Crippen LogP contribution in [0.3, 0.4) is 0 Å². The quantitative estimate of drug-likeness (QED) is 0.494. The van der Waals surface area contributed by atoms with Gasteiger partial charge < -0.3 is 10.1 Å². The van der Waals surface area contributed by atoms with Crippen LogP contribution in [0.15, 0.2) is 17.3 Å². The molecule has 1 aromatic carbocycles. The maximum absolute atomic E-state index is 8.78. The van der Waals surface area contributed by atoms with Gasteiger partial charge in [-0.3, -0.25) is 0 Å². The van der Waals surface area contributed by atoms with Crippen LogP contribution in [0, 0.1) is 0 Å². The highest BCUT2D eigenvalue weighted by molar-refractivity contribution is 7.20. The predicted octanol–water partition coefficient (Wildman–Crippen LogP) is 3.35. The third-order valence-corrected chi connectivity index (χ3v) is 4.87. The number of rotatable bonds is 1. The third kappa shape index (κ3) is 1.81. The summed E-state index contributed by atoms with van der Waals surface area (Å²) in [6.45, 7) is 1.86. The first-order valence-corrected chi connectivity index (χ1v) is 6.99. The van der Waals surface area contributed by atoms with Gasteiger partial charge in [0.25, 0.3) is 0 Å². The van der Waals surface area contributed by atoms with Crippen LogP contribution in [0.25, 0.3) is 10.1 Å². The summed E-state index contributed by atoms with van der Waals surface area (Å²) in [7, 11) is 2.10. The first-order valence-electron chi connectivity index (χ1n) is 5.79. The molecule has 2 aromatic rings. The largest absolute Gasteiger partial charge is 0.411 e. The Bertz CT molecular complexity index is 635. The summed E-state index contributed by atoms with van der Waals surface area (Å²) in [5.41, 5.74) is 2.45. The number of halogens is 1. The van der Waals surface area contributed by atoms with Gasteiger partial charge >= 0.3 is 0 Å². The van der Waals surface area contributed by atoms with Crippen LogP contribution >= 0.6 is 22.9 Å². The van der Waals surface area contributed by atoms with Gasteiger partial charge in [-0.2, -0.15) is 0 Å². The highest BCUT2D eigenvalue weighted by Gasteiger charge is 2.21. The van der Waals surface area contributed by atoms with Gasteiger partial charge in [0.1, 0.15) is 0 Å². The van der Waals surface area contributed by atoms with Gasteiger partial charge in [-0.05, 0) is 36.7 Å². The maximum Gasteiger partial charge on any atom is 0.0837 e. The number of benzene rings is 1. The van der Waals surface area contributed by atoms with Crippen LogP contribution in [0.4, 0.5) is 0 Å². The third-order valence-electron chi connectivity index (χ3n) is 3.38. The van der Waals surface area contributed by atoms with Crippen molar-refractivity contribution in [3.8, 4) is 0 Å². The first kappa shape index (κ1) is 12.0. The van der Waals surface area contributed by atoms with E-state index in [4.69, 9.17) is 16.8 Å². The molecule has 1 aromatic heterocycles. The van der Waals surface area contributed by atoms with Crippen LogP contribution in [0.5, 0.6) is 0 Å². The molecule has 3 rings (SSSR count). The van der Waals surface area contributed by atoms with E-state index in [1.165, 1.54) is 27.4 Å². The zero-order chi connectivity index (χ0) is 12.7. The molecule has 1 N–H and O–H groups in total. The van der Waals surface area contributed by atoms with Crippen molar-refractivity contribution in [3.63, 3.8) is 0 Å². The van der Waals surface area contributed by atoms with E-state index in [1.807, 2.05) is 6.07 Å². The molecule has 0 amide bonds. The highest BCUT2D eigenvalue weighted by Crippen LogP contribution is 2.38. The van der Waals surface area contributed by atoms with Crippen LogP contribution in [0.1, 0.15) is 16.0 Å². The maximum atomic E-state index is 8.78. The average molecular weight is 281 g/mol. The Morgan fingerprint density at radius 1 is 1.44 bits per heavy atom. The smallest absolute Gasteiger partial charge is 0.0837 e. The number of thiophene rings is 1. The van der Waals surface area contributed by atoms with Gasteiger partial charge in [-0.1, -0.05) is 16.8 Å². The predicted molar refractivity (Wildman–Crippen MR) is 76.3 cm³/mol. The van der Waals surface area contributed by atoms with E-state index < -0.39 is 0 Å². The summed E-state index contributed by atoms with van der Waals surface area (Å²) in [4.78, 5) is 3.29. The molecule has 0 bridgehead atoms. The Hall–Kier alpha value is -1.10. The van der Waals surface area contributed by atoms with Crippen LogP contribution < -0.4 is 0 Å². The molecule has 2 heterocycles. The SMILES string of the molecule is CN1CCc2c(Cl)ccc3sc(/C=N/O)c(c23)C1. The molecule has 0 saturated carbocycles. The van der Waals surface area contributed by atoms with Crippen molar-refractivity contribution in [1.29, 1.82) is 0 Å². The standard InChI is InChI=1S/C13H13ClN2OS/c1-16-5-4-8-10(14)2-3-11-13(8)9(7-16)12(18-11)6-15-17/h2-3,6,17H,4-5,7H2,1H3/b15-6+. The minimum atomic E-state index is 0.837. The van der Waals surface area contributed by atoms with Crippen LogP contribution in [0.2, 0.25) is 5.02 Å². The fourth-order valence-corrected chi connectivity index (χ4v) is 3.89. The van der Waals surface area contributed by atoms with E-state index in [2.05, 4.69) is 23.2 Å². The number of hydrogen-bond donors (Lipinski definition) is 1. The summed E-state index contributed by atoms with van der Waals surface area (Å²) in [5.74, 6) is 0. The van der Waals surface area contributed by atoms with Crippen molar-refractivity contribution in [1.82, 2.24) is 4.90 Å². The molecule has 0 saturated heterocycles. The van der Waals surface area contributed by atoms with Crippen molar-refractivity contribution < 1.29 is 5.21 Å². The number of hydrogen-bond acceptors (Lipinski definition) is 4. The summed E-state index contributed by atoms with van der Waals surface area (Å²) >= 11 is 7.97. The van der Waals surface area contributed by atoms with Crippen molar-refractivity contribution in [2.75, 3.05) is 13.6 Å². The van der Waals surface area contributed by atoms with E-state index in [-0.39, 0.29) is 0 Å². The summed E-state index contributed by atoms with van der Waals surface area (Å²) < 4.78 is 1.22. The topological polar surface area (TPSA) is 35.8 Å². The van der Waals surface area contributed by atoms with Gasteiger partial charge in [-0.25, -0.2) is 0 Å². The molecular formula is C13H13ClN2OS. The van der Waals surface area contributed by atoms with E-state index in [0.717, 1.165) is 29.4 Å². The second kappa shape index (κ2) is 4.53. The van der Waals surface area contributed by atoms with Gasteiger partial charge in [0, 0.05) is 28.2 Å². The molecule has 1 aliphatic rings. The van der Waals surface area contributed by atoms with Crippen LogP contribution in [-0.4, -0.2) is 29.9 Å². The highest BCUT2D eigenvalue weighted by atomic mass is 35.5. The fourth-order valence-electron chi connectivity index (χ4n) is 2.53. The van der Waals surface area contributed by atoms with E-state index >= 15 is 0 Å². The summed E-state index contributed by atoms with van der Waals surface area (Å²) in [6, 6.07) is 4.01. The molecular weight excluding hydrogens is 268 g/mol. The minimum absolute atomic E-state index is 0.837. The van der Waals surface area contributed by atoms with Crippen LogP contribution in [-0.2, 0) is 13.0 Å². The van der Waals surface area contributed by atoms with Crippen molar-refractivity contribution in [2.24, 2.45) is 5.16 Å². The molecule has 0 aliphatic carbocycles. The Labute approximate surface area is 114 Å².